The zero-order valence-electron chi connectivity index (χ0n) is 19.1. The highest BCUT2D eigenvalue weighted by Crippen LogP contribution is 2.25. The lowest BCUT2D eigenvalue weighted by Gasteiger charge is -2.26. The lowest BCUT2D eigenvalue weighted by Crippen LogP contribution is -2.40. The molecule has 0 unspecified atom stereocenters. The molecule has 0 atom stereocenters. The van der Waals surface area contributed by atoms with Gasteiger partial charge in [-0.3, -0.25) is 9.52 Å². The minimum absolute atomic E-state index is 0.0177. The Morgan fingerprint density at radius 2 is 1.58 bits per heavy atom. The smallest absolute Gasteiger partial charge is 0.257 e. The molecule has 3 aromatic rings. The first-order valence-electron chi connectivity index (χ1n) is 11.0. The maximum absolute atomic E-state index is 13.0. The van der Waals surface area contributed by atoms with Crippen LogP contribution in [0.3, 0.4) is 0 Å². The molecule has 0 spiro atoms. The summed E-state index contributed by atoms with van der Waals surface area (Å²) in [4.78, 5) is 13.1. The van der Waals surface area contributed by atoms with E-state index in [0.29, 0.717) is 24.5 Å². The van der Waals surface area contributed by atoms with E-state index < -0.39 is 26.0 Å². The molecule has 36 heavy (non-hydrogen) atoms. The second kappa shape index (κ2) is 11.0. The standard InChI is InChI=1S/C24H24ClN3O6S2/c25-19-6-11-23(27-35(30,31)17-18-4-2-1-3-5-18)22(16-19)24(29)26-20-7-9-21(10-8-20)36(32,33)28-12-14-34-15-13-28/h1-11,16,27H,12-15,17H2,(H,26,29). The number of morpholine rings is 1. The molecule has 1 fully saturated rings. The first-order valence-corrected chi connectivity index (χ1v) is 14.4. The number of amides is 1. The summed E-state index contributed by atoms with van der Waals surface area (Å²) < 4.78 is 60.0. The Morgan fingerprint density at radius 3 is 2.25 bits per heavy atom. The fourth-order valence-electron chi connectivity index (χ4n) is 3.64. The zero-order valence-corrected chi connectivity index (χ0v) is 21.4. The second-order valence-electron chi connectivity index (χ2n) is 8.03. The van der Waals surface area contributed by atoms with Crippen LogP contribution in [0, 0.1) is 0 Å². The van der Waals surface area contributed by atoms with Gasteiger partial charge >= 0.3 is 0 Å². The number of rotatable bonds is 8. The van der Waals surface area contributed by atoms with Crippen molar-refractivity contribution >= 4 is 48.9 Å². The molecule has 12 heteroatoms. The molecule has 0 saturated carbocycles. The second-order valence-corrected chi connectivity index (χ2v) is 12.1. The summed E-state index contributed by atoms with van der Waals surface area (Å²) in [6, 6.07) is 18.6. The van der Waals surface area contributed by atoms with Crippen molar-refractivity contribution in [2.75, 3.05) is 36.3 Å². The van der Waals surface area contributed by atoms with E-state index in [1.54, 1.807) is 30.3 Å². The van der Waals surface area contributed by atoms with Gasteiger partial charge in [-0.25, -0.2) is 16.8 Å². The van der Waals surface area contributed by atoms with Crippen molar-refractivity contribution in [2.24, 2.45) is 0 Å². The quantitative estimate of drug-likeness (QED) is 0.443. The molecule has 0 radical (unpaired) electrons. The molecule has 1 heterocycles. The van der Waals surface area contributed by atoms with Gasteiger partial charge < -0.3 is 10.1 Å². The van der Waals surface area contributed by atoms with E-state index in [-0.39, 0.29) is 40.0 Å². The number of carbonyl (C=O) groups is 1. The van der Waals surface area contributed by atoms with Crippen LogP contribution in [0.4, 0.5) is 11.4 Å². The average molecular weight is 550 g/mol. The maximum atomic E-state index is 13.0. The van der Waals surface area contributed by atoms with Gasteiger partial charge in [0.15, 0.2) is 0 Å². The maximum Gasteiger partial charge on any atom is 0.257 e. The number of sulfonamides is 2. The van der Waals surface area contributed by atoms with Crippen LogP contribution in [-0.4, -0.2) is 53.4 Å². The number of anilines is 2. The normalized spacial score (nSPS) is 14.8. The van der Waals surface area contributed by atoms with Gasteiger partial charge in [-0.15, -0.1) is 0 Å². The Bertz CT molecular complexity index is 1440. The SMILES string of the molecule is O=C(Nc1ccc(S(=O)(=O)N2CCOCC2)cc1)c1cc(Cl)ccc1NS(=O)(=O)Cc1ccccc1. The average Bonchev–Trinajstić information content (AvgIpc) is 2.86. The van der Waals surface area contributed by atoms with Crippen LogP contribution in [-0.2, 0) is 30.5 Å². The third-order valence-corrected chi connectivity index (χ3v) is 8.80. The molecule has 1 aliphatic heterocycles. The van der Waals surface area contributed by atoms with E-state index in [9.17, 15) is 21.6 Å². The third kappa shape index (κ3) is 6.42. The molecule has 0 aliphatic carbocycles. The fraction of sp³-hybridized carbons (Fsp3) is 0.208. The highest BCUT2D eigenvalue weighted by Gasteiger charge is 2.26. The van der Waals surface area contributed by atoms with Crippen LogP contribution in [0.1, 0.15) is 15.9 Å². The van der Waals surface area contributed by atoms with Gasteiger partial charge in [0.25, 0.3) is 5.91 Å². The number of hydrogen-bond acceptors (Lipinski definition) is 6. The van der Waals surface area contributed by atoms with Gasteiger partial charge in [0.05, 0.1) is 35.1 Å². The molecular formula is C24H24ClN3O6S2. The van der Waals surface area contributed by atoms with E-state index in [4.69, 9.17) is 16.3 Å². The topological polar surface area (TPSA) is 122 Å². The number of ether oxygens (including phenoxy) is 1. The van der Waals surface area contributed by atoms with Crippen LogP contribution in [0.15, 0.2) is 77.7 Å². The molecule has 0 bridgehead atoms. The Kier molecular flexibility index (Phi) is 7.96. The highest BCUT2D eigenvalue weighted by molar-refractivity contribution is 7.92. The summed E-state index contributed by atoms with van der Waals surface area (Å²) in [7, 11) is -7.49. The number of benzene rings is 3. The minimum atomic E-state index is -3.82. The fourth-order valence-corrected chi connectivity index (χ4v) is 6.43. The summed E-state index contributed by atoms with van der Waals surface area (Å²) in [6.07, 6.45) is 0. The van der Waals surface area contributed by atoms with Crippen LogP contribution < -0.4 is 10.0 Å². The van der Waals surface area contributed by atoms with Crippen molar-refractivity contribution in [3.63, 3.8) is 0 Å². The molecule has 4 rings (SSSR count). The van der Waals surface area contributed by atoms with E-state index >= 15 is 0 Å². The molecule has 2 N–H and O–H groups in total. The number of nitrogens with zero attached hydrogens (tertiary/aromatic N) is 1. The van der Waals surface area contributed by atoms with Crippen molar-refractivity contribution in [3.8, 4) is 0 Å². The molecule has 1 aliphatic rings. The third-order valence-electron chi connectivity index (χ3n) is 5.41. The summed E-state index contributed by atoms with van der Waals surface area (Å²) in [5.41, 5.74) is 1.01. The predicted molar refractivity (Wildman–Crippen MR) is 138 cm³/mol. The number of halogens is 1. The van der Waals surface area contributed by atoms with Gasteiger partial charge in [0.1, 0.15) is 0 Å². The van der Waals surface area contributed by atoms with Gasteiger partial charge in [-0.2, -0.15) is 4.31 Å². The van der Waals surface area contributed by atoms with Crippen molar-refractivity contribution in [3.05, 3.63) is 88.9 Å². The van der Waals surface area contributed by atoms with Gasteiger partial charge in [-0.1, -0.05) is 41.9 Å². The van der Waals surface area contributed by atoms with Gasteiger partial charge in [0, 0.05) is 23.8 Å². The van der Waals surface area contributed by atoms with Crippen molar-refractivity contribution in [1.29, 1.82) is 0 Å². The Labute approximate surface area is 215 Å². The summed E-state index contributed by atoms with van der Waals surface area (Å²) in [5.74, 6) is -0.880. The molecule has 0 aromatic heterocycles. The van der Waals surface area contributed by atoms with Crippen LogP contribution in [0.2, 0.25) is 5.02 Å². The molecule has 1 saturated heterocycles. The van der Waals surface area contributed by atoms with Crippen LogP contribution in [0.5, 0.6) is 0 Å². The van der Waals surface area contributed by atoms with E-state index in [0.717, 1.165) is 0 Å². The largest absolute Gasteiger partial charge is 0.379 e. The Hall–Kier alpha value is -2.96. The van der Waals surface area contributed by atoms with E-state index in [1.165, 1.54) is 46.8 Å². The van der Waals surface area contributed by atoms with Crippen molar-refractivity contribution in [2.45, 2.75) is 10.6 Å². The lowest BCUT2D eigenvalue weighted by atomic mass is 10.1. The van der Waals surface area contributed by atoms with Crippen molar-refractivity contribution < 1.29 is 26.4 Å². The molecule has 9 nitrogen and oxygen atoms in total. The molecule has 190 valence electrons. The Balaban J connectivity index is 1.50. The van der Waals surface area contributed by atoms with E-state index in [2.05, 4.69) is 10.0 Å². The monoisotopic (exact) mass is 549 g/mol. The first-order chi connectivity index (χ1) is 17.1. The lowest BCUT2D eigenvalue weighted by molar-refractivity contribution is 0.0730. The van der Waals surface area contributed by atoms with E-state index in [1.807, 2.05) is 0 Å². The highest BCUT2D eigenvalue weighted by atomic mass is 35.5. The molecular weight excluding hydrogens is 526 g/mol. The van der Waals surface area contributed by atoms with Crippen molar-refractivity contribution in [1.82, 2.24) is 4.31 Å². The summed E-state index contributed by atoms with van der Waals surface area (Å²) >= 11 is 6.07. The van der Waals surface area contributed by atoms with Gasteiger partial charge in [0.2, 0.25) is 20.0 Å². The predicted octanol–water partition coefficient (Wildman–Crippen LogP) is 3.56. The van der Waals surface area contributed by atoms with Crippen LogP contribution in [0.25, 0.3) is 0 Å². The minimum Gasteiger partial charge on any atom is -0.379 e. The Morgan fingerprint density at radius 1 is 0.917 bits per heavy atom. The summed E-state index contributed by atoms with van der Waals surface area (Å²) in [6.45, 7) is 1.23. The van der Waals surface area contributed by atoms with Gasteiger partial charge in [-0.05, 0) is 48.0 Å². The number of hydrogen-bond donors (Lipinski definition) is 2. The number of carbonyl (C=O) groups excluding carboxylic acids is 1. The van der Waals surface area contributed by atoms with Crippen LogP contribution >= 0.6 is 11.6 Å². The summed E-state index contributed by atoms with van der Waals surface area (Å²) in [5, 5.41) is 2.91. The zero-order chi connectivity index (χ0) is 25.8. The number of nitrogens with one attached hydrogen (secondary N) is 2. The molecule has 3 aromatic carbocycles. The first kappa shape index (κ1) is 26.1. The molecule has 1 amide bonds.